The maximum absolute atomic E-state index is 13.2. The van der Waals surface area contributed by atoms with Crippen LogP contribution in [0.15, 0.2) is 48.5 Å². The number of hydrogen-bond donors (Lipinski definition) is 1. The molecule has 0 saturated carbocycles. The van der Waals surface area contributed by atoms with Crippen molar-refractivity contribution in [2.24, 2.45) is 5.92 Å². The molecule has 0 radical (unpaired) electrons. The maximum Gasteiger partial charge on any atom is 0.255 e. The topological polar surface area (TPSA) is 86.8 Å². The number of nitrogens with zero attached hydrogens (tertiary/aromatic N) is 2. The molecular formula is C26H32FN3O4S. The predicted octanol–water partition coefficient (Wildman–Crippen LogP) is 2.61. The molecule has 2 aliphatic heterocycles. The molecule has 35 heavy (non-hydrogen) atoms. The van der Waals surface area contributed by atoms with Gasteiger partial charge >= 0.3 is 0 Å². The molecule has 2 amide bonds. The molecular weight excluding hydrogens is 469 g/mol. The second-order valence-corrected chi connectivity index (χ2v) is 11.9. The third-order valence-electron chi connectivity index (χ3n) is 6.88. The first kappa shape index (κ1) is 25.3. The van der Waals surface area contributed by atoms with Crippen molar-refractivity contribution in [1.29, 1.82) is 0 Å². The molecule has 1 saturated heterocycles. The third kappa shape index (κ3) is 6.67. The van der Waals surface area contributed by atoms with Crippen LogP contribution in [-0.2, 0) is 27.7 Å². The summed E-state index contributed by atoms with van der Waals surface area (Å²) in [6.07, 6.45) is 3.05. The van der Waals surface area contributed by atoms with Crippen molar-refractivity contribution in [3.63, 3.8) is 0 Å². The number of amides is 2. The van der Waals surface area contributed by atoms with Gasteiger partial charge in [-0.15, -0.1) is 0 Å². The van der Waals surface area contributed by atoms with Crippen molar-refractivity contribution in [2.45, 2.75) is 38.4 Å². The zero-order valence-corrected chi connectivity index (χ0v) is 20.8. The summed E-state index contributed by atoms with van der Waals surface area (Å²) in [6.45, 7) is 3.33. The van der Waals surface area contributed by atoms with Gasteiger partial charge < -0.3 is 10.2 Å². The molecule has 2 aromatic carbocycles. The summed E-state index contributed by atoms with van der Waals surface area (Å²) < 4.78 is 36.7. The number of likely N-dealkylation sites (tertiary alicyclic amines) is 1. The highest BCUT2D eigenvalue weighted by molar-refractivity contribution is 7.90. The van der Waals surface area contributed by atoms with E-state index in [2.05, 4.69) is 10.2 Å². The van der Waals surface area contributed by atoms with Crippen molar-refractivity contribution in [1.82, 2.24) is 15.1 Å². The molecule has 2 aromatic rings. The summed E-state index contributed by atoms with van der Waals surface area (Å²) in [7, 11) is -3.28. The van der Waals surface area contributed by atoms with Crippen LogP contribution < -0.4 is 5.32 Å². The molecule has 1 fully saturated rings. The first-order valence-corrected chi connectivity index (χ1v) is 14.1. The average molecular weight is 502 g/mol. The van der Waals surface area contributed by atoms with Gasteiger partial charge in [-0.1, -0.05) is 30.3 Å². The van der Waals surface area contributed by atoms with E-state index in [1.165, 1.54) is 17.0 Å². The van der Waals surface area contributed by atoms with Gasteiger partial charge in [-0.3, -0.25) is 14.5 Å². The van der Waals surface area contributed by atoms with Crippen molar-refractivity contribution < 1.29 is 22.4 Å². The Morgan fingerprint density at radius 3 is 2.46 bits per heavy atom. The van der Waals surface area contributed by atoms with Crippen LogP contribution in [0.1, 0.15) is 40.7 Å². The molecule has 1 atom stereocenters. The second-order valence-electron chi connectivity index (χ2n) is 9.62. The van der Waals surface area contributed by atoms with Crippen LogP contribution in [0.5, 0.6) is 0 Å². The molecule has 0 spiro atoms. The molecule has 9 heteroatoms. The largest absolute Gasteiger partial charge is 0.354 e. The lowest BCUT2D eigenvalue weighted by Crippen LogP contribution is -2.49. The fourth-order valence-electron chi connectivity index (χ4n) is 4.84. The van der Waals surface area contributed by atoms with Gasteiger partial charge in [0.05, 0.1) is 5.75 Å². The van der Waals surface area contributed by atoms with Crippen molar-refractivity contribution in [3.8, 4) is 0 Å². The lowest BCUT2D eigenvalue weighted by Gasteiger charge is -2.33. The maximum atomic E-state index is 13.2. The summed E-state index contributed by atoms with van der Waals surface area (Å²) in [6, 6.07) is 13.0. The summed E-state index contributed by atoms with van der Waals surface area (Å²) in [5.74, 6) is -0.623. The Hall–Kier alpha value is -2.78. The number of carbonyl (C=O) groups is 2. The Balaban J connectivity index is 1.32. The highest BCUT2D eigenvalue weighted by Gasteiger charge is 2.36. The summed E-state index contributed by atoms with van der Waals surface area (Å²) in [5.41, 5.74) is 2.49. The number of rotatable bonds is 9. The van der Waals surface area contributed by atoms with Crippen molar-refractivity contribution >= 4 is 21.7 Å². The number of halogens is 1. The Kier molecular flexibility index (Phi) is 7.86. The van der Waals surface area contributed by atoms with Crippen molar-refractivity contribution in [2.75, 3.05) is 31.6 Å². The number of hydrogen-bond acceptors (Lipinski definition) is 5. The lowest BCUT2D eigenvalue weighted by molar-refractivity contribution is -0.126. The predicted molar refractivity (Wildman–Crippen MR) is 132 cm³/mol. The van der Waals surface area contributed by atoms with Crippen LogP contribution in [0.25, 0.3) is 0 Å². The van der Waals surface area contributed by atoms with Crippen LogP contribution in [0, 0.1) is 11.7 Å². The zero-order chi connectivity index (χ0) is 25.0. The highest BCUT2D eigenvalue weighted by atomic mass is 32.2. The van der Waals surface area contributed by atoms with E-state index in [1.54, 1.807) is 24.3 Å². The first-order chi connectivity index (χ1) is 16.7. The molecule has 1 N–H and O–H groups in total. The molecule has 0 aromatic heterocycles. The minimum atomic E-state index is -3.28. The molecule has 0 bridgehead atoms. The second kappa shape index (κ2) is 10.9. The zero-order valence-electron chi connectivity index (χ0n) is 20.0. The van der Waals surface area contributed by atoms with Crippen LogP contribution in [0.4, 0.5) is 4.39 Å². The Morgan fingerprint density at radius 2 is 1.80 bits per heavy atom. The quantitative estimate of drug-likeness (QED) is 0.571. The van der Waals surface area contributed by atoms with Gasteiger partial charge in [0.2, 0.25) is 5.91 Å². The van der Waals surface area contributed by atoms with E-state index >= 15 is 0 Å². The lowest BCUT2D eigenvalue weighted by atomic mass is 9.96. The fourth-order valence-corrected chi connectivity index (χ4v) is 5.49. The van der Waals surface area contributed by atoms with Gasteiger partial charge in [0.25, 0.3) is 5.91 Å². The number of carbonyl (C=O) groups excluding carboxylic acids is 2. The number of nitrogens with one attached hydrogen (secondary N) is 1. The number of fused-ring (bicyclic) bond motifs is 1. The molecule has 2 heterocycles. The van der Waals surface area contributed by atoms with Gasteiger partial charge in [0, 0.05) is 31.5 Å². The van der Waals surface area contributed by atoms with E-state index < -0.39 is 15.9 Å². The van der Waals surface area contributed by atoms with Crippen molar-refractivity contribution in [3.05, 3.63) is 71.0 Å². The number of benzene rings is 2. The molecule has 4 rings (SSSR count). The molecule has 188 valence electrons. The van der Waals surface area contributed by atoms with E-state index in [0.29, 0.717) is 24.6 Å². The standard InChI is InChI=1S/C26H32FN3O4S/c1-35(33,34)15-12-24(30-18-21-4-2-3-5-23(21)26(30)32)25(31)28-16-19-10-13-29(14-11-19)17-20-6-8-22(27)9-7-20/h2-9,19,24H,10-18H2,1H3,(H,28,31)/t24-/m1/s1. The van der Waals surface area contributed by atoms with Gasteiger partial charge in [-0.05, 0) is 67.6 Å². The van der Waals surface area contributed by atoms with Crippen LogP contribution in [0.2, 0.25) is 0 Å². The summed E-state index contributed by atoms with van der Waals surface area (Å²) >= 11 is 0. The van der Waals surface area contributed by atoms with Gasteiger partial charge in [0.1, 0.15) is 21.7 Å². The Morgan fingerprint density at radius 1 is 1.11 bits per heavy atom. The summed E-state index contributed by atoms with van der Waals surface area (Å²) in [5, 5.41) is 3.00. The number of piperidine rings is 1. The molecule has 2 aliphatic rings. The van der Waals surface area contributed by atoms with Crippen LogP contribution >= 0.6 is 0 Å². The van der Waals surface area contributed by atoms with Crippen LogP contribution in [-0.4, -0.2) is 67.7 Å². The minimum absolute atomic E-state index is 0.0700. The van der Waals surface area contributed by atoms with Gasteiger partial charge in [0.15, 0.2) is 0 Å². The smallest absolute Gasteiger partial charge is 0.255 e. The van der Waals surface area contributed by atoms with E-state index in [0.717, 1.165) is 49.9 Å². The summed E-state index contributed by atoms with van der Waals surface area (Å²) in [4.78, 5) is 29.9. The van der Waals surface area contributed by atoms with E-state index in [-0.39, 0.29) is 29.8 Å². The highest BCUT2D eigenvalue weighted by Crippen LogP contribution is 2.26. The van der Waals surface area contributed by atoms with E-state index in [4.69, 9.17) is 0 Å². The molecule has 0 aliphatic carbocycles. The Labute approximate surface area is 206 Å². The SMILES string of the molecule is CS(=O)(=O)CC[C@H](C(=O)NCC1CCN(Cc2ccc(F)cc2)CC1)N1Cc2ccccc2C1=O. The first-order valence-electron chi connectivity index (χ1n) is 12.0. The van der Waals surface area contributed by atoms with Gasteiger partial charge in [-0.25, -0.2) is 12.8 Å². The van der Waals surface area contributed by atoms with E-state index in [1.807, 2.05) is 12.1 Å². The van der Waals surface area contributed by atoms with Gasteiger partial charge in [-0.2, -0.15) is 0 Å². The van der Waals surface area contributed by atoms with E-state index in [9.17, 15) is 22.4 Å². The monoisotopic (exact) mass is 501 g/mol. The third-order valence-corrected chi connectivity index (χ3v) is 7.86. The molecule has 7 nitrogen and oxygen atoms in total. The normalized spacial score (nSPS) is 17.9. The molecule has 0 unspecified atom stereocenters. The Bertz CT molecular complexity index is 1160. The average Bonchev–Trinajstić information content (AvgIpc) is 3.16. The number of sulfone groups is 1. The minimum Gasteiger partial charge on any atom is -0.354 e. The van der Waals surface area contributed by atoms with Crippen LogP contribution in [0.3, 0.4) is 0 Å². The fraction of sp³-hybridized carbons (Fsp3) is 0.462.